The van der Waals surface area contributed by atoms with Gasteiger partial charge in [0.1, 0.15) is 18.2 Å². The second-order valence-electron chi connectivity index (χ2n) is 9.35. The van der Waals surface area contributed by atoms with E-state index < -0.39 is 17.6 Å². The summed E-state index contributed by atoms with van der Waals surface area (Å²) in [6.45, 7) is 2.15. The van der Waals surface area contributed by atoms with Gasteiger partial charge in [0.05, 0.1) is 17.3 Å². The van der Waals surface area contributed by atoms with Gasteiger partial charge in [-0.25, -0.2) is 9.78 Å². The lowest BCUT2D eigenvalue weighted by Gasteiger charge is -2.24. The van der Waals surface area contributed by atoms with E-state index in [9.17, 15) is 18.0 Å². The molecule has 11 heteroatoms. The molecule has 5 heterocycles. The summed E-state index contributed by atoms with van der Waals surface area (Å²) in [5.74, 6) is 0.228. The van der Waals surface area contributed by atoms with E-state index in [-0.39, 0.29) is 23.1 Å². The lowest BCUT2D eigenvalue weighted by molar-refractivity contribution is -0.137. The summed E-state index contributed by atoms with van der Waals surface area (Å²) in [5, 5.41) is 7.62. The lowest BCUT2D eigenvalue weighted by atomic mass is 9.82. The minimum atomic E-state index is -4.60. The third kappa shape index (κ3) is 3.57. The molecule has 2 amide bonds. The number of carbonyl (C=O) groups is 1. The molecular formula is C24H23F3N6O2. The number of likely N-dealkylation sites (tertiary alicyclic amines) is 1. The largest absolute Gasteiger partial charge is 0.491 e. The highest BCUT2D eigenvalue weighted by molar-refractivity contribution is 5.76. The van der Waals surface area contributed by atoms with Crippen LogP contribution in [0.4, 0.5) is 23.8 Å². The molecule has 3 aliphatic rings. The number of hydrogen-bond acceptors (Lipinski definition) is 5. The van der Waals surface area contributed by atoms with Crippen LogP contribution >= 0.6 is 0 Å². The number of anilines is 1. The Labute approximate surface area is 198 Å². The summed E-state index contributed by atoms with van der Waals surface area (Å²) >= 11 is 0. The van der Waals surface area contributed by atoms with Crippen LogP contribution in [0.25, 0.3) is 11.3 Å². The van der Waals surface area contributed by atoms with E-state index >= 15 is 0 Å². The van der Waals surface area contributed by atoms with Gasteiger partial charge >= 0.3 is 12.2 Å². The minimum Gasteiger partial charge on any atom is -0.491 e. The second kappa shape index (κ2) is 7.62. The highest BCUT2D eigenvalue weighted by Crippen LogP contribution is 2.44. The molecule has 0 radical (unpaired) electrons. The van der Waals surface area contributed by atoms with Crippen molar-refractivity contribution >= 4 is 11.8 Å². The zero-order valence-electron chi connectivity index (χ0n) is 18.7. The van der Waals surface area contributed by atoms with Crippen LogP contribution in [0.3, 0.4) is 0 Å². The molecule has 1 fully saturated rings. The molecule has 3 aromatic rings. The SMILES string of the molecule is Nc1ncc(-c2cc3n(n2)CCC32CCN(C(=O)N[C@@H]3COc4ccccc43)C2)cc1C(F)(F)F. The van der Waals surface area contributed by atoms with Gasteiger partial charge in [0.2, 0.25) is 0 Å². The van der Waals surface area contributed by atoms with Crippen molar-refractivity contribution in [2.75, 3.05) is 25.4 Å². The summed E-state index contributed by atoms with van der Waals surface area (Å²) in [6, 6.07) is 10.1. The van der Waals surface area contributed by atoms with Crippen molar-refractivity contribution < 1.29 is 22.7 Å². The number of benzene rings is 1. The summed E-state index contributed by atoms with van der Waals surface area (Å²) in [6.07, 6.45) is -1.70. The number of urea groups is 1. The van der Waals surface area contributed by atoms with E-state index in [1.54, 1.807) is 4.90 Å². The first-order valence-electron chi connectivity index (χ1n) is 11.4. The van der Waals surface area contributed by atoms with Crippen LogP contribution in [0.2, 0.25) is 0 Å². The van der Waals surface area contributed by atoms with Gasteiger partial charge in [-0.15, -0.1) is 0 Å². The molecule has 35 heavy (non-hydrogen) atoms. The Morgan fingerprint density at radius 2 is 2.00 bits per heavy atom. The maximum Gasteiger partial charge on any atom is 0.419 e. The van der Waals surface area contributed by atoms with Crippen LogP contribution in [-0.4, -0.2) is 45.4 Å². The molecular weight excluding hydrogens is 461 g/mol. The number of aryl methyl sites for hydroxylation is 1. The van der Waals surface area contributed by atoms with Crippen molar-refractivity contribution in [2.45, 2.75) is 37.0 Å². The number of para-hydroxylation sites is 1. The number of ether oxygens (including phenoxy) is 1. The van der Waals surface area contributed by atoms with Crippen LogP contribution < -0.4 is 15.8 Å². The number of nitrogens with two attached hydrogens (primary N) is 1. The maximum atomic E-state index is 13.3. The van der Waals surface area contributed by atoms with Crippen molar-refractivity contribution in [3.05, 3.63) is 59.4 Å². The van der Waals surface area contributed by atoms with Gasteiger partial charge in [0.25, 0.3) is 0 Å². The van der Waals surface area contributed by atoms with E-state index in [4.69, 9.17) is 10.5 Å². The monoisotopic (exact) mass is 484 g/mol. The lowest BCUT2D eigenvalue weighted by Crippen LogP contribution is -2.42. The highest BCUT2D eigenvalue weighted by Gasteiger charge is 2.47. The molecule has 8 nitrogen and oxygen atoms in total. The Morgan fingerprint density at radius 3 is 2.83 bits per heavy atom. The fourth-order valence-corrected chi connectivity index (χ4v) is 5.43. The summed E-state index contributed by atoms with van der Waals surface area (Å²) in [7, 11) is 0. The number of rotatable bonds is 2. The Kier molecular flexibility index (Phi) is 4.74. The first-order chi connectivity index (χ1) is 16.7. The number of carbonyl (C=O) groups excluding carboxylic acids is 1. The average molecular weight is 484 g/mol. The number of alkyl halides is 3. The first kappa shape index (κ1) is 21.8. The molecule has 0 bridgehead atoms. The summed E-state index contributed by atoms with van der Waals surface area (Å²) < 4.78 is 47.4. The molecule has 3 aliphatic heterocycles. The standard InChI is InChI=1S/C24H23F3N6O2/c25-24(26,27)16-9-14(11-29-21(16)28)17-10-20-23(6-8-33(20)31-17)5-7-32(13-23)22(34)30-18-12-35-19-4-2-1-3-15(18)19/h1-4,9-11,18H,5-8,12-13H2,(H2,28,29)(H,30,34)/t18-,23?/m1/s1. The van der Waals surface area contributed by atoms with Crippen LogP contribution in [-0.2, 0) is 18.1 Å². The van der Waals surface area contributed by atoms with Crippen molar-refractivity contribution in [3.8, 4) is 17.0 Å². The third-order valence-corrected chi connectivity index (χ3v) is 7.28. The number of hydrogen-bond donors (Lipinski definition) is 2. The van der Waals surface area contributed by atoms with Crippen molar-refractivity contribution in [2.24, 2.45) is 0 Å². The Bertz CT molecular complexity index is 1320. The van der Waals surface area contributed by atoms with Crippen molar-refractivity contribution in [3.63, 3.8) is 0 Å². The Morgan fingerprint density at radius 1 is 1.20 bits per heavy atom. The molecule has 3 N–H and O–H groups in total. The summed E-state index contributed by atoms with van der Waals surface area (Å²) in [5.41, 5.74) is 6.77. The van der Waals surface area contributed by atoms with E-state index in [0.717, 1.165) is 35.9 Å². The van der Waals surface area contributed by atoms with Crippen LogP contribution in [0.5, 0.6) is 5.75 Å². The molecule has 1 saturated heterocycles. The quantitative estimate of drug-likeness (QED) is 0.578. The van der Waals surface area contributed by atoms with E-state index in [1.165, 1.54) is 6.20 Å². The van der Waals surface area contributed by atoms with Gasteiger partial charge in [-0.3, -0.25) is 4.68 Å². The number of amides is 2. The number of aromatic nitrogens is 3. The van der Waals surface area contributed by atoms with Gasteiger partial charge in [0.15, 0.2) is 0 Å². The topological polar surface area (TPSA) is 98.3 Å². The van der Waals surface area contributed by atoms with Gasteiger partial charge in [-0.2, -0.15) is 18.3 Å². The normalized spacial score (nSPS) is 22.8. The third-order valence-electron chi connectivity index (χ3n) is 7.28. The predicted octanol–water partition coefficient (Wildman–Crippen LogP) is 3.74. The molecule has 2 atom stereocenters. The number of nitrogens with one attached hydrogen (secondary N) is 1. The molecule has 1 unspecified atom stereocenters. The minimum absolute atomic E-state index is 0.150. The fraction of sp³-hybridized carbons (Fsp3) is 0.375. The van der Waals surface area contributed by atoms with Crippen molar-refractivity contribution in [1.82, 2.24) is 25.0 Å². The van der Waals surface area contributed by atoms with Crippen molar-refractivity contribution in [1.29, 1.82) is 0 Å². The van der Waals surface area contributed by atoms with Crippen LogP contribution in [0, 0.1) is 0 Å². The number of nitrogens with zero attached hydrogens (tertiary/aromatic N) is 4. The highest BCUT2D eigenvalue weighted by atomic mass is 19.4. The summed E-state index contributed by atoms with van der Waals surface area (Å²) in [4.78, 5) is 18.6. The number of halogens is 3. The second-order valence-corrected chi connectivity index (χ2v) is 9.35. The number of fused-ring (bicyclic) bond motifs is 3. The molecule has 1 spiro atoms. The Balaban J connectivity index is 1.21. The van der Waals surface area contributed by atoms with Gasteiger partial charge in [0, 0.05) is 48.1 Å². The fourth-order valence-electron chi connectivity index (χ4n) is 5.43. The average Bonchev–Trinajstić information content (AvgIpc) is 3.59. The van der Waals surface area contributed by atoms with Gasteiger partial charge < -0.3 is 20.7 Å². The zero-order valence-corrected chi connectivity index (χ0v) is 18.7. The molecule has 0 aliphatic carbocycles. The molecule has 2 aromatic heterocycles. The van der Waals surface area contributed by atoms with Gasteiger partial charge in [-0.05, 0) is 31.0 Å². The van der Waals surface area contributed by atoms with Gasteiger partial charge in [-0.1, -0.05) is 18.2 Å². The first-order valence-corrected chi connectivity index (χ1v) is 11.4. The molecule has 182 valence electrons. The number of pyridine rings is 1. The Hall–Kier alpha value is -3.76. The smallest absolute Gasteiger partial charge is 0.419 e. The van der Waals surface area contributed by atoms with E-state index in [1.807, 2.05) is 35.0 Å². The van der Waals surface area contributed by atoms with E-state index in [0.29, 0.717) is 31.9 Å². The molecule has 1 aromatic carbocycles. The van der Waals surface area contributed by atoms with Crippen LogP contribution in [0.15, 0.2) is 42.6 Å². The predicted molar refractivity (Wildman–Crippen MR) is 121 cm³/mol. The van der Waals surface area contributed by atoms with Crippen LogP contribution in [0.1, 0.15) is 35.7 Å². The van der Waals surface area contributed by atoms with E-state index in [2.05, 4.69) is 15.4 Å². The maximum absolute atomic E-state index is 13.3. The zero-order chi connectivity index (χ0) is 24.4. The number of nitrogen functional groups attached to an aromatic ring is 1. The molecule has 6 rings (SSSR count). The molecule has 0 saturated carbocycles.